The van der Waals surface area contributed by atoms with Crippen molar-refractivity contribution in [1.82, 2.24) is 4.90 Å². The third-order valence-corrected chi connectivity index (χ3v) is 6.34. The fourth-order valence-electron chi connectivity index (χ4n) is 4.64. The van der Waals surface area contributed by atoms with Gasteiger partial charge in [-0.25, -0.2) is 4.79 Å². The summed E-state index contributed by atoms with van der Waals surface area (Å²) < 4.78 is 0. The second kappa shape index (κ2) is 10.9. The molecule has 4 nitrogen and oxygen atoms in total. The van der Waals surface area contributed by atoms with Crippen LogP contribution in [0.3, 0.4) is 0 Å². The molecule has 27 heavy (non-hydrogen) atoms. The average Bonchev–Trinajstić information content (AvgIpc) is 2.69. The maximum Gasteiger partial charge on any atom is 0.335 e. The van der Waals surface area contributed by atoms with Gasteiger partial charge >= 0.3 is 5.97 Å². The van der Waals surface area contributed by atoms with Crippen LogP contribution in [-0.2, 0) is 0 Å². The molecule has 0 bridgehead atoms. The lowest BCUT2D eigenvalue weighted by molar-refractivity contribution is 0.0697. The highest BCUT2D eigenvalue weighted by Gasteiger charge is 2.28. The van der Waals surface area contributed by atoms with E-state index < -0.39 is 5.97 Å². The van der Waals surface area contributed by atoms with Crippen molar-refractivity contribution in [3.63, 3.8) is 0 Å². The van der Waals surface area contributed by atoms with Crippen LogP contribution in [0.1, 0.15) is 68.6 Å². The molecule has 3 rings (SSSR count). The zero-order valence-corrected chi connectivity index (χ0v) is 17.4. The summed E-state index contributed by atoms with van der Waals surface area (Å²) in [6.45, 7) is 6.64. The highest BCUT2D eigenvalue weighted by Crippen LogP contribution is 2.31. The predicted octanol–water partition coefficient (Wildman–Crippen LogP) is 5.07. The number of aromatic carboxylic acids is 1. The largest absolute Gasteiger partial charge is 0.478 e. The van der Waals surface area contributed by atoms with E-state index in [1.807, 2.05) is 12.1 Å². The van der Waals surface area contributed by atoms with Gasteiger partial charge in [-0.05, 0) is 55.9 Å². The lowest BCUT2D eigenvalue weighted by Crippen LogP contribution is -2.51. The molecule has 1 heterocycles. The molecule has 5 heteroatoms. The first-order chi connectivity index (χ1) is 12.7. The maximum absolute atomic E-state index is 11.0. The van der Waals surface area contributed by atoms with E-state index >= 15 is 0 Å². The molecule has 2 aliphatic rings. The van der Waals surface area contributed by atoms with Crippen molar-refractivity contribution in [1.29, 1.82) is 0 Å². The lowest BCUT2D eigenvalue weighted by atomic mass is 9.82. The van der Waals surface area contributed by atoms with Gasteiger partial charge in [0.25, 0.3) is 0 Å². The molecule has 0 unspecified atom stereocenters. The molecule has 1 aromatic rings. The monoisotopic (exact) mass is 394 g/mol. The van der Waals surface area contributed by atoms with Crippen molar-refractivity contribution < 1.29 is 9.90 Å². The number of rotatable bonds is 7. The van der Waals surface area contributed by atoms with Gasteiger partial charge in [0, 0.05) is 37.9 Å². The number of piperazine rings is 1. The smallest absolute Gasteiger partial charge is 0.335 e. The van der Waals surface area contributed by atoms with Gasteiger partial charge in [0.15, 0.2) is 0 Å². The number of carboxylic acid groups (broad SMARTS) is 1. The SMILES string of the molecule is CCCCCC1CCC(N2CCN(c3ccc(C(=O)O)cc3)CC2)CC1.Cl. The number of hydrogen-bond donors (Lipinski definition) is 1. The molecule has 2 fully saturated rings. The highest BCUT2D eigenvalue weighted by atomic mass is 35.5. The molecular formula is C22H35ClN2O2. The van der Waals surface area contributed by atoms with E-state index in [0.717, 1.165) is 43.8 Å². The molecule has 0 spiro atoms. The van der Waals surface area contributed by atoms with Crippen LogP contribution in [0.2, 0.25) is 0 Å². The van der Waals surface area contributed by atoms with Crippen molar-refractivity contribution >= 4 is 24.1 Å². The van der Waals surface area contributed by atoms with E-state index in [4.69, 9.17) is 5.11 Å². The molecule has 1 N–H and O–H groups in total. The van der Waals surface area contributed by atoms with Crippen LogP contribution in [0.15, 0.2) is 24.3 Å². The summed E-state index contributed by atoms with van der Waals surface area (Å²) in [5, 5.41) is 9.02. The van der Waals surface area contributed by atoms with Crippen LogP contribution < -0.4 is 4.90 Å². The summed E-state index contributed by atoms with van der Waals surface area (Å²) in [5.74, 6) is 0.124. The van der Waals surface area contributed by atoms with Crippen LogP contribution in [0.25, 0.3) is 0 Å². The number of anilines is 1. The van der Waals surface area contributed by atoms with Crippen molar-refractivity contribution in [3.05, 3.63) is 29.8 Å². The Balaban J connectivity index is 0.00000261. The van der Waals surface area contributed by atoms with Crippen LogP contribution in [0.5, 0.6) is 0 Å². The minimum Gasteiger partial charge on any atom is -0.478 e. The van der Waals surface area contributed by atoms with Crippen molar-refractivity contribution in [3.8, 4) is 0 Å². The third-order valence-electron chi connectivity index (χ3n) is 6.34. The van der Waals surface area contributed by atoms with Crippen LogP contribution in [0, 0.1) is 5.92 Å². The van der Waals surface area contributed by atoms with Gasteiger partial charge < -0.3 is 10.0 Å². The van der Waals surface area contributed by atoms with Crippen molar-refractivity contribution in [2.45, 2.75) is 64.3 Å². The number of halogens is 1. The predicted molar refractivity (Wildman–Crippen MR) is 114 cm³/mol. The standard InChI is InChI=1S/C22H34N2O2.ClH/c1-2-3-4-5-18-6-10-20(11-7-18)23-14-16-24(17-15-23)21-12-8-19(9-13-21)22(25)26;/h8-9,12-13,18,20H,2-7,10-11,14-17H2,1H3,(H,25,26);1H. The minimum absolute atomic E-state index is 0. The first-order valence-electron chi connectivity index (χ1n) is 10.5. The Labute approximate surface area is 170 Å². The lowest BCUT2D eigenvalue weighted by Gasteiger charge is -2.42. The molecule has 0 radical (unpaired) electrons. The fraction of sp³-hybridized carbons (Fsp3) is 0.682. The van der Waals surface area contributed by atoms with Gasteiger partial charge in [0.2, 0.25) is 0 Å². The van der Waals surface area contributed by atoms with Gasteiger partial charge in [-0.15, -0.1) is 12.4 Å². The number of carboxylic acids is 1. The second-order valence-corrected chi connectivity index (χ2v) is 8.05. The molecule has 0 amide bonds. The molecule has 0 atom stereocenters. The van der Waals surface area contributed by atoms with E-state index in [1.165, 1.54) is 51.4 Å². The Morgan fingerprint density at radius 3 is 2.19 bits per heavy atom. The van der Waals surface area contributed by atoms with Crippen LogP contribution in [-0.4, -0.2) is 48.2 Å². The normalized spacial score (nSPS) is 23.7. The molecule has 1 aliphatic carbocycles. The number of benzene rings is 1. The highest BCUT2D eigenvalue weighted by molar-refractivity contribution is 5.88. The summed E-state index contributed by atoms with van der Waals surface area (Å²) >= 11 is 0. The molecule has 1 saturated carbocycles. The van der Waals surface area contributed by atoms with Gasteiger partial charge in [-0.2, -0.15) is 0 Å². The number of unbranched alkanes of at least 4 members (excludes halogenated alkanes) is 2. The molecule has 0 aromatic heterocycles. The summed E-state index contributed by atoms with van der Waals surface area (Å²) in [6, 6.07) is 8.10. The summed E-state index contributed by atoms with van der Waals surface area (Å²) in [7, 11) is 0. The summed E-state index contributed by atoms with van der Waals surface area (Å²) in [4.78, 5) is 16.1. The second-order valence-electron chi connectivity index (χ2n) is 8.05. The average molecular weight is 395 g/mol. The van der Waals surface area contributed by atoms with Gasteiger partial charge in [0.1, 0.15) is 0 Å². The Hall–Kier alpha value is -1.26. The first kappa shape index (κ1) is 22.0. The van der Waals surface area contributed by atoms with Crippen molar-refractivity contribution in [2.75, 3.05) is 31.1 Å². The van der Waals surface area contributed by atoms with Gasteiger partial charge in [-0.3, -0.25) is 4.90 Å². The van der Waals surface area contributed by atoms with E-state index in [-0.39, 0.29) is 12.4 Å². The van der Waals surface area contributed by atoms with E-state index in [1.54, 1.807) is 12.1 Å². The topological polar surface area (TPSA) is 43.8 Å². The van der Waals surface area contributed by atoms with Gasteiger partial charge in [0.05, 0.1) is 5.56 Å². The Morgan fingerprint density at radius 1 is 1.00 bits per heavy atom. The number of nitrogens with zero attached hydrogens (tertiary/aromatic N) is 2. The number of carbonyl (C=O) groups is 1. The molecule has 1 aliphatic heterocycles. The van der Waals surface area contributed by atoms with Crippen molar-refractivity contribution in [2.24, 2.45) is 5.92 Å². The Kier molecular flexibility index (Phi) is 8.91. The van der Waals surface area contributed by atoms with E-state index in [2.05, 4.69) is 16.7 Å². The minimum atomic E-state index is -0.855. The zero-order valence-electron chi connectivity index (χ0n) is 16.6. The number of hydrogen-bond acceptors (Lipinski definition) is 3. The summed E-state index contributed by atoms with van der Waals surface area (Å²) in [5.41, 5.74) is 1.51. The fourth-order valence-corrected chi connectivity index (χ4v) is 4.64. The van der Waals surface area contributed by atoms with Crippen LogP contribution >= 0.6 is 12.4 Å². The maximum atomic E-state index is 11.0. The quantitative estimate of drug-likeness (QED) is 0.656. The molecule has 152 valence electrons. The van der Waals surface area contributed by atoms with Gasteiger partial charge in [-0.1, -0.05) is 32.6 Å². The first-order valence-corrected chi connectivity index (χ1v) is 10.5. The van der Waals surface area contributed by atoms with E-state index in [0.29, 0.717) is 5.56 Å². The summed E-state index contributed by atoms with van der Waals surface area (Å²) in [6.07, 6.45) is 11.2. The molecule has 1 aromatic carbocycles. The third kappa shape index (κ3) is 6.11. The Morgan fingerprint density at radius 2 is 1.63 bits per heavy atom. The Bertz CT molecular complexity index is 562. The zero-order chi connectivity index (χ0) is 18.4. The molecular weight excluding hydrogens is 360 g/mol. The molecule has 1 saturated heterocycles. The van der Waals surface area contributed by atoms with Crippen LogP contribution in [0.4, 0.5) is 5.69 Å². The van der Waals surface area contributed by atoms with E-state index in [9.17, 15) is 4.79 Å².